The van der Waals surface area contributed by atoms with Crippen LogP contribution in [0.15, 0.2) is 35.7 Å². The number of likely N-dealkylation sites (N-methyl/N-ethyl adjacent to an activating group) is 1. The van der Waals surface area contributed by atoms with Gasteiger partial charge in [-0.2, -0.15) is 0 Å². The third kappa shape index (κ3) is 4.96. The minimum atomic E-state index is -0.155. The van der Waals surface area contributed by atoms with Crippen LogP contribution in [0.2, 0.25) is 0 Å². The van der Waals surface area contributed by atoms with E-state index < -0.39 is 0 Å². The van der Waals surface area contributed by atoms with E-state index in [1.54, 1.807) is 23.3 Å². The molecule has 5 nitrogen and oxygen atoms in total. The molecule has 1 aromatic carbocycles. The second kappa shape index (κ2) is 7.70. The molecular weight excluding hydrogens is 298 g/mol. The van der Waals surface area contributed by atoms with Crippen molar-refractivity contribution in [3.05, 3.63) is 52.0 Å². The van der Waals surface area contributed by atoms with Crippen molar-refractivity contribution in [1.82, 2.24) is 15.2 Å². The fraction of sp³-hybridized carbons (Fsp3) is 0.312. The quantitative estimate of drug-likeness (QED) is 0.883. The molecule has 1 N–H and O–H groups in total. The van der Waals surface area contributed by atoms with E-state index >= 15 is 0 Å². The Kier molecular flexibility index (Phi) is 5.66. The first-order valence-corrected chi connectivity index (χ1v) is 7.88. The largest absolute Gasteiger partial charge is 0.347 e. The Morgan fingerprint density at radius 1 is 1.27 bits per heavy atom. The van der Waals surface area contributed by atoms with Crippen LogP contribution >= 0.6 is 11.3 Å². The van der Waals surface area contributed by atoms with Gasteiger partial charge in [-0.05, 0) is 12.5 Å². The van der Waals surface area contributed by atoms with Crippen LogP contribution < -0.4 is 5.32 Å². The van der Waals surface area contributed by atoms with Crippen LogP contribution in [0.4, 0.5) is 0 Å². The molecule has 6 heteroatoms. The number of carbonyl (C=O) groups excluding carboxylic acids is 2. The number of nitrogens with one attached hydrogen (secondary N) is 1. The van der Waals surface area contributed by atoms with Crippen LogP contribution in [0.25, 0.3) is 0 Å². The van der Waals surface area contributed by atoms with Crippen LogP contribution in [0.3, 0.4) is 0 Å². The highest BCUT2D eigenvalue weighted by atomic mass is 32.1. The molecule has 2 aromatic rings. The fourth-order valence-electron chi connectivity index (χ4n) is 1.96. The number of hydrogen-bond acceptors (Lipinski definition) is 4. The van der Waals surface area contributed by atoms with Crippen LogP contribution in [-0.4, -0.2) is 35.3 Å². The van der Waals surface area contributed by atoms with Gasteiger partial charge in [0.2, 0.25) is 11.8 Å². The average molecular weight is 317 g/mol. The van der Waals surface area contributed by atoms with Gasteiger partial charge in [0.05, 0.1) is 30.2 Å². The van der Waals surface area contributed by atoms with Crippen LogP contribution in [0.5, 0.6) is 0 Å². The predicted octanol–water partition coefficient (Wildman–Crippen LogP) is 1.77. The normalized spacial score (nSPS) is 10.3. The standard InChI is InChI=1S/C16H19N3O2S/c1-12-18-14(11-22-12)10-19(2)16(21)9-17-15(20)8-13-6-4-3-5-7-13/h3-7,11H,8-10H2,1-2H3,(H,17,20). The third-order valence-electron chi connectivity index (χ3n) is 3.14. The number of rotatable bonds is 6. The lowest BCUT2D eigenvalue weighted by Crippen LogP contribution is -2.38. The lowest BCUT2D eigenvalue weighted by atomic mass is 10.1. The van der Waals surface area contributed by atoms with Crippen LogP contribution in [0.1, 0.15) is 16.3 Å². The van der Waals surface area contributed by atoms with Gasteiger partial charge in [-0.3, -0.25) is 9.59 Å². The van der Waals surface area contributed by atoms with E-state index in [2.05, 4.69) is 10.3 Å². The molecule has 0 fully saturated rings. The van der Waals surface area contributed by atoms with Gasteiger partial charge < -0.3 is 10.2 Å². The maximum Gasteiger partial charge on any atom is 0.242 e. The monoisotopic (exact) mass is 317 g/mol. The summed E-state index contributed by atoms with van der Waals surface area (Å²) in [6.45, 7) is 2.39. The molecule has 0 saturated heterocycles. The Hall–Kier alpha value is -2.21. The minimum absolute atomic E-state index is 0.00524. The van der Waals surface area contributed by atoms with Crippen molar-refractivity contribution >= 4 is 23.2 Å². The third-order valence-corrected chi connectivity index (χ3v) is 3.96. The van der Waals surface area contributed by atoms with E-state index in [9.17, 15) is 9.59 Å². The predicted molar refractivity (Wildman–Crippen MR) is 86.5 cm³/mol. The molecule has 2 rings (SSSR count). The van der Waals surface area contributed by atoms with Gasteiger partial charge in [-0.15, -0.1) is 11.3 Å². The van der Waals surface area contributed by atoms with E-state index in [0.717, 1.165) is 16.3 Å². The second-order valence-electron chi connectivity index (χ2n) is 5.05. The lowest BCUT2D eigenvalue weighted by molar-refractivity contribution is -0.132. The van der Waals surface area contributed by atoms with Crippen molar-refractivity contribution in [3.8, 4) is 0 Å². The number of aryl methyl sites for hydroxylation is 1. The van der Waals surface area contributed by atoms with Crippen molar-refractivity contribution in [3.63, 3.8) is 0 Å². The molecule has 0 bridgehead atoms. The summed E-state index contributed by atoms with van der Waals surface area (Å²) in [4.78, 5) is 29.7. The molecule has 0 aliphatic heterocycles. The number of hydrogen-bond donors (Lipinski definition) is 1. The topological polar surface area (TPSA) is 62.3 Å². The van der Waals surface area contributed by atoms with Crippen LogP contribution in [-0.2, 0) is 22.6 Å². The summed E-state index contributed by atoms with van der Waals surface area (Å²) in [5.41, 5.74) is 1.80. The van der Waals surface area contributed by atoms with Crippen molar-refractivity contribution in [1.29, 1.82) is 0 Å². The molecule has 0 saturated carbocycles. The highest BCUT2D eigenvalue weighted by molar-refractivity contribution is 7.09. The second-order valence-corrected chi connectivity index (χ2v) is 6.11. The zero-order valence-corrected chi connectivity index (χ0v) is 13.5. The number of carbonyl (C=O) groups is 2. The Morgan fingerprint density at radius 3 is 2.64 bits per heavy atom. The van der Waals surface area contributed by atoms with E-state index in [1.807, 2.05) is 42.6 Å². The Labute approximate surface area is 134 Å². The highest BCUT2D eigenvalue weighted by Crippen LogP contribution is 2.09. The number of aromatic nitrogens is 1. The Balaban J connectivity index is 1.75. The molecule has 0 radical (unpaired) electrons. The van der Waals surface area contributed by atoms with Gasteiger partial charge in [0.25, 0.3) is 0 Å². The number of thiazole rings is 1. The molecule has 116 valence electrons. The molecule has 0 atom stereocenters. The fourth-order valence-corrected chi connectivity index (χ4v) is 2.57. The minimum Gasteiger partial charge on any atom is -0.347 e. The summed E-state index contributed by atoms with van der Waals surface area (Å²) < 4.78 is 0. The van der Waals surface area contributed by atoms with Crippen molar-refractivity contribution in [2.45, 2.75) is 19.9 Å². The number of nitrogens with zero attached hydrogens (tertiary/aromatic N) is 2. The van der Waals surface area contributed by atoms with Crippen molar-refractivity contribution in [2.24, 2.45) is 0 Å². The Bertz CT molecular complexity index is 640. The molecule has 1 aromatic heterocycles. The van der Waals surface area contributed by atoms with Gasteiger partial charge in [0.15, 0.2) is 0 Å². The Morgan fingerprint density at radius 2 is 2.00 bits per heavy atom. The summed E-state index contributed by atoms with van der Waals surface area (Å²) in [7, 11) is 1.71. The molecule has 0 aliphatic rings. The van der Waals surface area contributed by atoms with Crippen LogP contribution in [0, 0.1) is 6.92 Å². The van der Waals surface area contributed by atoms with E-state index in [4.69, 9.17) is 0 Å². The molecule has 1 heterocycles. The van der Waals surface area contributed by atoms with Crippen molar-refractivity contribution in [2.75, 3.05) is 13.6 Å². The number of amides is 2. The summed E-state index contributed by atoms with van der Waals surface area (Å²) in [6.07, 6.45) is 0.281. The van der Waals surface area contributed by atoms with Gasteiger partial charge in [-0.25, -0.2) is 4.98 Å². The molecular formula is C16H19N3O2S. The first kappa shape index (κ1) is 16.2. The molecule has 22 heavy (non-hydrogen) atoms. The lowest BCUT2D eigenvalue weighted by Gasteiger charge is -2.16. The molecule has 2 amide bonds. The molecule has 0 spiro atoms. The smallest absolute Gasteiger partial charge is 0.242 e. The average Bonchev–Trinajstić information content (AvgIpc) is 2.91. The van der Waals surface area contributed by atoms with Gasteiger partial charge in [-0.1, -0.05) is 30.3 Å². The van der Waals surface area contributed by atoms with Gasteiger partial charge in [0, 0.05) is 12.4 Å². The first-order valence-electron chi connectivity index (χ1n) is 7.00. The molecule has 0 unspecified atom stereocenters. The first-order chi connectivity index (χ1) is 10.5. The SMILES string of the molecule is Cc1nc(CN(C)C(=O)CNC(=O)Cc2ccccc2)cs1. The van der Waals surface area contributed by atoms with Gasteiger partial charge in [0.1, 0.15) is 0 Å². The zero-order valence-electron chi connectivity index (χ0n) is 12.7. The number of benzene rings is 1. The summed E-state index contributed by atoms with van der Waals surface area (Å²) >= 11 is 1.56. The summed E-state index contributed by atoms with van der Waals surface area (Å²) in [5.74, 6) is -0.287. The summed E-state index contributed by atoms with van der Waals surface area (Å²) in [5, 5.41) is 5.57. The van der Waals surface area contributed by atoms with Gasteiger partial charge >= 0.3 is 0 Å². The summed E-state index contributed by atoms with van der Waals surface area (Å²) in [6, 6.07) is 9.45. The van der Waals surface area contributed by atoms with E-state index in [-0.39, 0.29) is 24.8 Å². The highest BCUT2D eigenvalue weighted by Gasteiger charge is 2.12. The maximum atomic E-state index is 12.0. The van der Waals surface area contributed by atoms with E-state index in [1.165, 1.54) is 0 Å². The molecule has 0 aliphatic carbocycles. The maximum absolute atomic E-state index is 12.0. The zero-order chi connectivity index (χ0) is 15.9. The van der Waals surface area contributed by atoms with E-state index in [0.29, 0.717) is 6.54 Å². The van der Waals surface area contributed by atoms with Crippen molar-refractivity contribution < 1.29 is 9.59 Å².